The van der Waals surface area contributed by atoms with E-state index in [2.05, 4.69) is 10.1 Å². The first kappa shape index (κ1) is 19.5. The van der Waals surface area contributed by atoms with Crippen LogP contribution in [0, 0.1) is 5.82 Å². The zero-order valence-electron chi connectivity index (χ0n) is 15.0. The lowest BCUT2D eigenvalue weighted by Gasteiger charge is -2.20. The van der Waals surface area contributed by atoms with E-state index in [0.717, 1.165) is 21.5 Å². The number of amides is 1. The molecule has 0 spiro atoms. The number of halogens is 5. The Bertz CT molecular complexity index is 1010. The Balaban J connectivity index is 1.62. The summed E-state index contributed by atoms with van der Waals surface area (Å²) in [4.78, 5) is 29.7. The van der Waals surface area contributed by atoms with Crippen molar-refractivity contribution < 1.29 is 26.7 Å². The predicted molar refractivity (Wildman–Crippen MR) is 88.2 cm³/mol. The summed E-state index contributed by atoms with van der Waals surface area (Å²) in [6.45, 7) is -0.305. The van der Waals surface area contributed by atoms with Crippen molar-refractivity contribution in [2.45, 2.75) is 44.2 Å². The molecular weight excluding hydrogens is 401 g/mol. The molecule has 4 heterocycles. The van der Waals surface area contributed by atoms with Crippen LogP contribution in [0.4, 0.5) is 22.0 Å². The predicted octanol–water partition coefficient (Wildman–Crippen LogP) is 1.70. The molecule has 2 aromatic rings. The molecule has 0 saturated carbocycles. The second kappa shape index (κ2) is 6.92. The molecule has 2 aromatic heterocycles. The van der Waals surface area contributed by atoms with E-state index in [9.17, 15) is 31.5 Å². The van der Waals surface area contributed by atoms with Gasteiger partial charge < -0.3 is 4.90 Å². The van der Waals surface area contributed by atoms with Crippen LogP contribution in [0.15, 0.2) is 17.1 Å². The van der Waals surface area contributed by atoms with Gasteiger partial charge in [0, 0.05) is 24.7 Å². The molecule has 0 aliphatic carbocycles. The number of alkyl halides is 4. The number of nitrogens with zero attached hydrogens (tertiary/aromatic N) is 5. The van der Waals surface area contributed by atoms with Gasteiger partial charge >= 0.3 is 11.9 Å². The Morgan fingerprint density at radius 2 is 2.03 bits per heavy atom. The van der Waals surface area contributed by atoms with Crippen LogP contribution in [0.1, 0.15) is 36.0 Å². The second-order valence-corrected chi connectivity index (χ2v) is 7.08. The van der Waals surface area contributed by atoms with Crippen LogP contribution in [0.3, 0.4) is 0 Å². The first-order valence-corrected chi connectivity index (χ1v) is 8.98. The van der Waals surface area contributed by atoms with E-state index in [1.165, 1.54) is 4.90 Å². The van der Waals surface area contributed by atoms with E-state index in [0.29, 0.717) is 12.8 Å². The summed E-state index contributed by atoms with van der Waals surface area (Å²) in [6, 6.07) is 0.194. The number of aromatic nitrogens is 4. The van der Waals surface area contributed by atoms with Crippen molar-refractivity contribution in [3.05, 3.63) is 45.6 Å². The van der Waals surface area contributed by atoms with Gasteiger partial charge in [-0.2, -0.15) is 18.3 Å². The van der Waals surface area contributed by atoms with Crippen LogP contribution in [0.5, 0.6) is 0 Å². The van der Waals surface area contributed by atoms with Crippen molar-refractivity contribution in [3.63, 3.8) is 0 Å². The minimum absolute atomic E-state index is 0.0317. The molecular formula is C17H16F5N5O2. The number of aryl methyl sites for hydroxylation is 1. The van der Waals surface area contributed by atoms with Crippen LogP contribution in [0.2, 0.25) is 0 Å². The fourth-order valence-corrected chi connectivity index (χ4v) is 3.77. The second-order valence-electron chi connectivity index (χ2n) is 7.08. The van der Waals surface area contributed by atoms with Gasteiger partial charge in [0.1, 0.15) is 18.0 Å². The third kappa shape index (κ3) is 3.40. The van der Waals surface area contributed by atoms with Crippen LogP contribution < -0.4 is 5.69 Å². The molecule has 1 saturated heterocycles. The highest BCUT2D eigenvalue weighted by Crippen LogP contribution is 2.31. The smallest absolute Gasteiger partial charge is 0.338 e. The third-order valence-electron chi connectivity index (χ3n) is 5.18. The number of fused-ring (bicyclic) bond motifs is 1. The van der Waals surface area contributed by atoms with Crippen LogP contribution in [-0.4, -0.2) is 49.4 Å². The molecule has 2 atom stereocenters. The summed E-state index contributed by atoms with van der Waals surface area (Å²) in [7, 11) is 0. The Morgan fingerprint density at radius 1 is 1.28 bits per heavy atom. The maximum Gasteiger partial charge on any atom is 0.436 e. The summed E-state index contributed by atoms with van der Waals surface area (Å²) in [6.07, 6.45) is -4.39. The SMILES string of the molecule is O=C(C1CCc2nn(Cc3ccnc(C(F)(F)F)c3F)c(=O)n21)N1CC[C@H](F)C1. The number of pyridine rings is 1. The molecule has 0 bridgehead atoms. The van der Waals surface area contributed by atoms with Crippen molar-refractivity contribution in [3.8, 4) is 0 Å². The largest absolute Gasteiger partial charge is 0.436 e. The average Bonchev–Trinajstić information content (AvgIpc) is 3.33. The van der Waals surface area contributed by atoms with Gasteiger partial charge in [0.25, 0.3) is 0 Å². The number of rotatable bonds is 3. The molecule has 0 radical (unpaired) electrons. The van der Waals surface area contributed by atoms with Gasteiger partial charge in [0.15, 0.2) is 11.5 Å². The van der Waals surface area contributed by atoms with E-state index in [1.807, 2.05) is 0 Å². The summed E-state index contributed by atoms with van der Waals surface area (Å²) in [5.41, 5.74) is -2.79. The van der Waals surface area contributed by atoms with Gasteiger partial charge in [0.05, 0.1) is 13.1 Å². The molecule has 2 aliphatic rings. The highest BCUT2D eigenvalue weighted by Gasteiger charge is 2.39. The molecule has 1 fully saturated rings. The molecule has 1 amide bonds. The molecule has 0 aromatic carbocycles. The highest BCUT2D eigenvalue weighted by molar-refractivity contribution is 5.81. The summed E-state index contributed by atoms with van der Waals surface area (Å²) < 4.78 is 68.1. The lowest BCUT2D eigenvalue weighted by molar-refractivity contribution is -0.143. The van der Waals surface area contributed by atoms with E-state index >= 15 is 0 Å². The number of carbonyl (C=O) groups excluding carboxylic acids is 1. The lowest BCUT2D eigenvalue weighted by Crippen LogP contribution is -2.38. The molecule has 29 heavy (non-hydrogen) atoms. The van der Waals surface area contributed by atoms with E-state index in [1.54, 1.807) is 0 Å². The maximum absolute atomic E-state index is 14.2. The first-order chi connectivity index (χ1) is 13.7. The van der Waals surface area contributed by atoms with Gasteiger partial charge in [-0.15, -0.1) is 0 Å². The minimum atomic E-state index is -4.97. The van der Waals surface area contributed by atoms with Crippen molar-refractivity contribution in [1.82, 2.24) is 24.2 Å². The zero-order valence-corrected chi connectivity index (χ0v) is 15.0. The van der Waals surface area contributed by atoms with Crippen molar-refractivity contribution in [2.75, 3.05) is 13.1 Å². The summed E-state index contributed by atoms with van der Waals surface area (Å²) >= 11 is 0. The quantitative estimate of drug-likeness (QED) is 0.713. The number of hydrogen-bond acceptors (Lipinski definition) is 4. The molecule has 4 rings (SSSR count). The van der Waals surface area contributed by atoms with Gasteiger partial charge in [-0.25, -0.2) is 23.2 Å². The average molecular weight is 417 g/mol. The molecule has 12 heteroatoms. The van der Waals surface area contributed by atoms with Crippen LogP contribution >= 0.6 is 0 Å². The van der Waals surface area contributed by atoms with Gasteiger partial charge in [0.2, 0.25) is 5.91 Å². The van der Waals surface area contributed by atoms with Crippen LogP contribution in [0.25, 0.3) is 0 Å². The Hall–Kier alpha value is -2.79. The highest BCUT2D eigenvalue weighted by atomic mass is 19.4. The molecule has 7 nitrogen and oxygen atoms in total. The Kier molecular flexibility index (Phi) is 4.66. The third-order valence-corrected chi connectivity index (χ3v) is 5.18. The van der Waals surface area contributed by atoms with E-state index < -0.39 is 47.7 Å². The van der Waals surface area contributed by atoms with Gasteiger partial charge in [-0.1, -0.05) is 0 Å². The fourth-order valence-electron chi connectivity index (χ4n) is 3.77. The molecule has 0 N–H and O–H groups in total. The number of carbonyl (C=O) groups is 1. The molecule has 156 valence electrons. The summed E-state index contributed by atoms with van der Waals surface area (Å²) in [5, 5.41) is 4.05. The number of hydrogen-bond donors (Lipinski definition) is 0. The zero-order chi connectivity index (χ0) is 20.9. The van der Waals surface area contributed by atoms with E-state index in [-0.39, 0.29) is 31.2 Å². The first-order valence-electron chi connectivity index (χ1n) is 8.98. The van der Waals surface area contributed by atoms with Crippen molar-refractivity contribution in [2.24, 2.45) is 0 Å². The standard InChI is InChI=1S/C17H16F5N5O2/c18-10-4-6-25(8-10)15(28)11-1-2-12-24-26(16(29)27(11)12)7-9-3-5-23-14(13(9)19)17(20,21)22/h3,5,10-11H,1-2,4,6-8H2/t10-,11?/m0/s1. The van der Waals surface area contributed by atoms with Crippen molar-refractivity contribution >= 4 is 5.91 Å². The fraction of sp³-hybridized carbons (Fsp3) is 0.529. The van der Waals surface area contributed by atoms with E-state index in [4.69, 9.17) is 0 Å². The Labute approximate surface area is 160 Å². The topological polar surface area (TPSA) is 73.0 Å². The van der Waals surface area contributed by atoms with Crippen LogP contribution in [-0.2, 0) is 23.9 Å². The normalized spacial score (nSPS) is 21.6. The maximum atomic E-state index is 14.2. The van der Waals surface area contributed by atoms with Gasteiger partial charge in [-0.05, 0) is 18.9 Å². The number of likely N-dealkylation sites (tertiary alicyclic amines) is 1. The van der Waals surface area contributed by atoms with Crippen molar-refractivity contribution in [1.29, 1.82) is 0 Å². The minimum Gasteiger partial charge on any atom is -0.338 e. The molecule has 1 unspecified atom stereocenters. The van der Waals surface area contributed by atoms with Gasteiger partial charge in [-0.3, -0.25) is 9.36 Å². The summed E-state index contributed by atoms with van der Waals surface area (Å²) in [5.74, 6) is -1.67. The Morgan fingerprint density at radius 3 is 2.69 bits per heavy atom. The molecule has 2 aliphatic heterocycles. The lowest BCUT2D eigenvalue weighted by atomic mass is 10.2. The monoisotopic (exact) mass is 417 g/mol.